The zero-order valence-corrected chi connectivity index (χ0v) is 20.4. The maximum atomic E-state index is 12.9. The molecule has 0 saturated carbocycles. The average molecular weight is 473 g/mol. The fourth-order valence-electron chi connectivity index (χ4n) is 4.24. The molecule has 0 atom stereocenters. The first kappa shape index (κ1) is 24.3. The van der Waals surface area contributed by atoms with Gasteiger partial charge in [0.15, 0.2) is 0 Å². The molecule has 0 bridgehead atoms. The first-order valence-electron chi connectivity index (χ1n) is 11.9. The van der Waals surface area contributed by atoms with Gasteiger partial charge in [-0.2, -0.15) is 0 Å². The summed E-state index contributed by atoms with van der Waals surface area (Å²) < 4.78 is 6.09. The lowest BCUT2D eigenvalue weighted by Gasteiger charge is -2.34. The highest BCUT2D eigenvalue weighted by Gasteiger charge is 2.22. The van der Waals surface area contributed by atoms with Gasteiger partial charge in [0.2, 0.25) is 5.88 Å². The highest BCUT2D eigenvalue weighted by Crippen LogP contribution is 2.23. The normalized spacial score (nSPS) is 15.3. The minimum Gasteiger partial charge on any atom is -0.474 e. The van der Waals surface area contributed by atoms with E-state index in [1.807, 2.05) is 24.3 Å². The van der Waals surface area contributed by atoms with Crippen LogP contribution in [-0.4, -0.2) is 59.3 Å². The standard InChI is InChI=1S/C27H32N6O2/c1-18(2)33-10-7-24(8-11-33)35-26-14-20(6-9-30-26)27(34)32-25-13-22-12-19(23(15-28)16-29-3)4-5-21(22)17-31-25/h4-6,9,12-18,24,28-29H,7-8,10-11H2,1-3H3,(H,31,32,34)/b23-16+,28-15?. The molecular weight excluding hydrogens is 440 g/mol. The Kier molecular flexibility index (Phi) is 7.72. The molecule has 0 unspecified atom stereocenters. The van der Waals surface area contributed by atoms with E-state index in [2.05, 4.69) is 39.3 Å². The maximum Gasteiger partial charge on any atom is 0.257 e. The molecule has 3 heterocycles. The summed E-state index contributed by atoms with van der Waals surface area (Å²) in [5.41, 5.74) is 2.13. The largest absolute Gasteiger partial charge is 0.474 e. The number of pyridine rings is 2. The Balaban J connectivity index is 1.45. The van der Waals surface area contributed by atoms with Crippen molar-refractivity contribution in [1.82, 2.24) is 20.2 Å². The molecule has 1 aliphatic heterocycles. The van der Waals surface area contributed by atoms with Crippen molar-refractivity contribution in [3.63, 3.8) is 0 Å². The molecule has 2 aromatic heterocycles. The lowest BCUT2D eigenvalue weighted by atomic mass is 10.0. The van der Waals surface area contributed by atoms with Crippen LogP contribution in [0.4, 0.5) is 5.82 Å². The number of benzene rings is 1. The number of likely N-dealkylation sites (tertiary alicyclic amines) is 1. The number of amides is 1. The predicted octanol–water partition coefficient (Wildman–Crippen LogP) is 4.34. The van der Waals surface area contributed by atoms with E-state index in [-0.39, 0.29) is 12.0 Å². The van der Waals surface area contributed by atoms with Crippen molar-refractivity contribution in [3.8, 4) is 5.88 Å². The van der Waals surface area contributed by atoms with Gasteiger partial charge in [-0.1, -0.05) is 12.1 Å². The second-order valence-corrected chi connectivity index (χ2v) is 8.95. The van der Waals surface area contributed by atoms with Crippen LogP contribution in [0, 0.1) is 5.41 Å². The Morgan fingerprint density at radius 3 is 2.63 bits per heavy atom. The molecule has 3 aromatic rings. The van der Waals surface area contributed by atoms with E-state index in [4.69, 9.17) is 10.1 Å². The van der Waals surface area contributed by atoms with Crippen molar-refractivity contribution in [2.24, 2.45) is 0 Å². The van der Waals surface area contributed by atoms with Gasteiger partial charge in [0.25, 0.3) is 5.91 Å². The SMILES string of the molecule is CN/C=C(\C=N)c1ccc2cnc(NC(=O)c3ccnc(OC4CCN(C(C)C)CC4)c3)cc2c1. The Bertz CT molecular complexity index is 1230. The fourth-order valence-corrected chi connectivity index (χ4v) is 4.24. The third-order valence-electron chi connectivity index (χ3n) is 6.24. The van der Waals surface area contributed by atoms with Gasteiger partial charge >= 0.3 is 0 Å². The van der Waals surface area contributed by atoms with E-state index < -0.39 is 0 Å². The highest BCUT2D eigenvalue weighted by atomic mass is 16.5. The van der Waals surface area contributed by atoms with Crippen LogP contribution in [-0.2, 0) is 0 Å². The first-order chi connectivity index (χ1) is 17.0. The third-order valence-corrected chi connectivity index (χ3v) is 6.24. The molecule has 4 rings (SSSR count). The van der Waals surface area contributed by atoms with Gasteiger partial charge in [0, 0.05) is 73.6 Å². The maximum absolute atomic E-state index is 12.9. The second kappa shape index (κ2) is 11.1. The van der Waals surface area contributed by atoms with Crippen molar-refractivity contribution in [1.29, 1.82) is 5.41 Å². The minimum atomic E-state index is -0.273. The molecule has 1 aromatic carbocycles. The van der Waals surface area contributed by atoms with E-state index in [9.17, 15) is 4.79 Å². The molecule has 0 radical (unpaired) electrons. The van der Waals surface area contributed by atoms with Crippen molar-refractivity contribution in [3.05, 3.63) is 66.1 Å². The lowest BCUT2D eigenvalue weighted by molar-refractivity contribution is 0.0810. The molecule has 1 fully saturated rings. The molecule has 1 amide bonds. The Hall–Kier alpha value is -3.78. The molecule has 0 aliphatic carbocycles. The van der Waals surface area contributed by atoms with Crippen LogP contribution in [0.25, 0.3) is 16.3 Å². The summed E-state index contributed by atoms with van der Waals surface area (Å²) in [6.45, 7) is 6.43. The number of hydrogen-bond acceptors (Lipinski definition) is 7. The highest BCUT2D eigenvalue weighted by molar-refractivity contribution is 6.09. The van der Waals surface area contributed by atoms with Crippen LogP contribution < -0.4 is 15.4 Å². The summed E-state index contributed by atoms with van der Waals surface area (Å²) in [6, 6.07) is 11.6. The number of carbonyl (C=O) groups excluding carboxylic acids is 1. The van der Waals surface area contributed by atoms with Crippen molar-refractivity contribution in [2.75, 3.05) is 25.5 Å². The number of ether oxygens (including phenoxy) is 1. The molecule has 8 heteroatoms. The molecule has 8 nitrogen and oxygen atoms in total. The van der Waals surface area contributed by atoms with Crippen LogP contribution in [0.5, 0.6) is 5.88 Å². The Morgan fingerprint density at radius 2 is 1.91 bits per heavy atom. The van der Waals surface area contributed by atoms with Crippen LogP contribution in [0.15, 0.2) is 55.0 Å². The van der Waals surface area contributed by atoms with Crippen LogP contribution in [0.1, 0.15) is 42.6 Å². The number of piperidine rings is 1. The average Bonchev–Trinajstić information content (AvgIpc) is 2.87. The topological polar surface area (TPSA) is 103 Å². The molecule has 182 valence electrons. The summed E-state index contributed by atoms with van der Waals surface area (Å²) in [5, 5.41) is 15.3. The van der Waals surface area contributed by atoms with Crippen LogP contribution >= 0.6 is 0 Å². The van der Waals surface area contributed by atoms with E-state index in [1.165, 1.54) is 6.21 Å². The number of nitrogens with one attached hydrogen (secondary N) is 3. The number of aromatic nitrogens is 2. The van der Waals surface area contributed by atoms with Gasteiger partial charge in [0.05, 0.1) is 0 Å². The lowest BCUT2D eigenvalue weighted by Crippen LogP contribution is -2.41. The molecule has 0 spiro atoms. The molecule has 1 saturated heterocycles. The van der Waals surface area contributed by atoms with Gasteiger partial charge < -0.3 is 25.7 Å². The fraction of sp³-hybridized carbons (Fsp3) is 0.333. The quantitative estimate of drug-likeness (QED) is 0.421. The summed E-state index contributed by atoms with van der Waals surface area (Å²) in [5.74, 6) is 0.645. The summed E-state index contributed by atoms with van der Waals surface area (Å²) in [4.78, 5) is 24.1. The van der Waals surface area contributed by atoms with Gasteiger partial charge in [-0.15, -0.1) is 0 Å². The summed E-state index contributed by atoms with van der Waals surface area (Å²) >= 11 is 0. The predicted molar refractivity (Wildman–Crippen MR) is 140 cm³/mol. The second-order valence-electron chi connectivity index (χ2n) is 8.95. The third kappa shape index (κ3) is 6.02. The number of allylic oxidation sites excluding steroid dienone is 1. The number of carbonyl (C=O) groups is 1. The van der Waals surface area contributed by atoms with Crippen LogP contribution in [0.3, 0.4) is 0 Å². The van der Waals surface area contributed by atoms with Crippen molar-refractivity contribution >= 4 is 34.3 Å². The minimum absolute atomic E-state index is 0.106. The number of fused-ring (bicyclic) bond motifs is 1. The van der Waals surface area contributed by atoms with Crippen molar-refractivity contribution < 1.29 is 9.53 Å². The molecule has 35 heavy (non-hydrogen) atoms. The molecule has 1 aliphatic rings. The number of nitrogens with zero attached hydrogens (tertiary/aromatic N) is 3. The zero-order valence-electron chi connectivity index (χ0n) is 20.4. The molecular formula is C27H32N6O2. The van der Waals surface area contributed by atoms with Gasteiger partial charge in [-0.05, 0) is 55.8 Å². The molecule has 3 N–H and O–H groups in total. The van der Waals surface area contributed by atoms with Gasteiger partial charge in [-0.3, -0.25) is 4.79 Å². The van der Waals surface area contributed by atoms with E-state index in [0.717, 1.165) is 47.8 Å². The van der Waals surface area contributed by atoms with Crippen molar-refractivity contribution in [2.45, 2.75) is 38.8 Å². The zero-order chi connectivity index (χ0) is 24.8. The smallest absolute Gasteiger partial charge is 0.257 e. The van der Waals surface area contributed by atoms with Gasteiger partial charge in [0.1, 0.15) is 11.9 Å². The number of hydrogen-bond donors (Lipinski definition) is 3. The number of anilines is 1. The van der Waals surface area contributed by atoms with Crippen LogP contribution in [0.2, 0.25) is 0 Å². The monoisotopic (exact) mass is 472 g/mol. The Labute approximate surface area is 205 Å². The summed E-state index contributed by atoms with van der Waals surface area (Å²) in [6.07, 6.45) is 8.40. The number of rotatable bonds is 8. The van der Waals surface area contributed by atoms with E-state index in [0.29, 0.717) is 23.3 Å². The van der Waals surface area contributed by atoms with Gasteiger partial charge in [-0.25, -0.2) is 9.97 Å². The summed E-state index contributed by atoms with van der Waals surface area (Å²) in [7, 11) is 1.80. The Morgan fingerprint density at radius 1 is 1.11 bits per heavy atom. The first-order valence-corrected chi connectivity index (χ1v) is 11.9. The van der Waals surface area contributed by atoms with E-state index >= 15 is 0 Å². The van der Waals surface area contributed by atoms with E-state index in [1.54, 1.807) is 37.8 Å².